The normalized spacial score (nSPS) is 13.2. The fraction of sp³-hybridized carbons (Fsp3) is 0.167. The summed E-state index contributed by atoms with van der Waals surface area (Å²) in [6.07, 6.45) is 7.56. The van der Waals surface area contributed by atoms with E-state index < -0.39 is 5.97 Å². The first-order chi connectivity index (χ1) is 11.2. The second-order valence-corrected chi connectivity index (χ2v) is 5.45. The molecule has 1 aliphatic rings. The van der Waals surface area contributed by atoms with Gasteiger partial charge in [-0.1, -0.05) is 12.2 Å². The van der Waals surface area contributed by atoms with Crippen LogP contribution in [0.5, 0.6) is 5.75 Å². The van der Waals surface area contributed by atoms with Gasteiger partial charge in [-0.25, -0.2) is 4.79 Å². The summed E-state index contributed by atoms with van der Waals surface area (Å²) < 4.78 is 16.5. The molecule has 0 saturated heterocycles. The van der Waals surface area contributed by atoms with Gasteiger partial charge >= 0.3 is 5.97 Å². The van der Waals surface area contributed by atoms with E-state index in [0.717, 1.165) is 35.1 Å². The van der Waals surface area contributed by atoms with Crippen LogP contribution in [0.1, 0.15) is 33.9 Å². The topological polar surface area (TPSA) is 72.8 Å². The van der Waals surface area contributed by atoms with E-state index in [4.69, 9.17) is 18.7 Å². The summed E-state index contributed by atoms with van der Waals surface area (Å²) in [6.45, 7) is 0.239. The number of benzene rings is 1. The van der Waals surface area contributed by atoms with E-state index in [-0.39, 0.29) is 12.4 Å². The minimum atomic E-state index is -1.09. The van der Waals surface area contributed by atoms with Crippen molar-refractivity contribution in [1.82, 2.24) is 0 Å². The van der Waals surface area contributed by atoms with Crippen LogP contribution in [0, 0.1) is 0 Å². The molecule has 0 fully saturated rings. The van der Waals surface area contributed by atoms with E-state index in [2.05, 4.69) is 12.2 Å². The Morgan fingerprint density at radius 1 is 1.30 bits per heavy atom. The number of rotatable bonds is 4. The summed E-state index contributed by atoms with van der Waals surface area (Å²) >= 11 is 0. The summed E-state index contributed by atoms with van der Waals surface area (Å²) in [5, 5.41) is 9.91. The molecule has 2 aromatic heterocycles. The van der Waals surface area contributed by atoms with Crippen LogP contribution in [-0.4, -0.2) is 11.1 Å². The highest BCUT2D eigenvalue weighted by atomic mass is 16.5. The lowest BCUT2D eigenvalue weighted by molar-refractivity contribution is 0.0662. The van der Waals surface area contributed by atoms with Crippen LogP contribution in [0.25, 0.3) is 17.0 Å². The van der Waals surface area contributed by atoms with Gasteiger partial charge in [0.2, 0.25) is 5.76 Å². The maximum absolute atomic E-state index is 10.8. The van der Waals surface area contributed by atoms with Crippen LogP contribution in [0.4, 0.5) is 0 Å². The molecular weight excluding hydrogens is 296 g/mol. The van der Waals surface area contributed by atoms with Gasteiger partial charge in [-0.2, -0.15) is 0 Å². The second-order valence-electron chi connectivity index (χ2n) is 5.45. The molecule has 0 amide bonds. The van der Waals surface area contributed by atoms with Gasteiger partial charge in [0.15, 0.2) is 0 Å². The summed E-state index contributed by atoms with van der Waals surface area (Å²) in [5.74, 6) is 0.502. The molecule has 1 aliphatic carbocycles. The van der Waals surface area contributed by atoms with Crippen molar-refractivity contribution in [2.75, 3.05) is 0 Å². The molecule has 0 radical (unpaired) electrons. The van der Waals surface area contributed by atoms with Crippen LogP contribution in [0.3, 0.4) is 0 Å². The van der Waals surface area contributed by atoms with Crippen LogP contribution < -0.4 is 4.74 Å². The molecule has 23 heavy (non-hydrogen) atoms. The standard InChI is InChI=1S/C18H14O5/c19-18(20)17-7-11(10-22-17)9-21-12-5-6-14-13-3-1-2-4-15(13)23-16(14)8-12/h1,3,5-8,10H,2,4,9H2,(H,19,20). The first-order valence-electron chi connectivity index (χ1n) is 7.36. The van der Waals surface area contributed by atoms with Gasteiger partial charge in [0.1, 0.15) is 23.7 Å². The molecule has 1 aromatic carbocycles. The van der Waals surface area contributed by atoms with Gasteiger partial charge in [0.05, 0.1) is 6.26 Å². The van der Waals surface area contributed by atoms with E-state index in [1.165, 1.54) is 12.3 Å². The number of carboxylic acid groups (broad SMARTS) is 1. The Hall–Kier alpha value is -2.95. The zero-order chi connectivity index (χ0) is 15.8. The number of aryl methyl sites for hydroxylation is 1. The number of fused-ring (bicyclic) bond motifs is 3. The minimum Gasteiger partial charge on any atom is -0.489 e. The monoisotopic (exact) mass is 310 g/mol. The number of hydrogen-bond donors (Lipinski definition) is 1. The van der Waals surface area contributed by atoms with Crippen LogP contribution in [0.15, 0.2) is 45.4 Å². The van der Waals surface area contributed by atoms with Crippen molar-refractivity contribution in [2.45, 2.75) is 19.4 Å². The van der Waals surface area contributed by atoms with Gasteiger partial charge in [0.25, 0.3) is 0 Å². The van der Waals surface area contributed by atoms with Crippen molar-refractivity contribution in [2.24, 2.45) is 0 Å². The third-order valence-corrected chi connectivity index (χ3v) is 3.87. The highest BCUT2D eigenvalue weighted by molar-refractivity contribution is 5.90. The molecule has 5 heteroatoms. The Kier molecular flexibility index (Phi) is 3.19. The Morgan fingerprint density at radius 2 is 2.22 bits per heavy atom. The molecule has 4 rings (SSSR count). The van der Waals surface area contributed by atoms with Crippen LogP contribution in [-0.2, 0) is 13.0 Å². The largest absolute Gasteiger partial charge is 0.489 e. The average Bonchev–Trinajstić information content (AvgIpc) is 3.17. The van der Waals surface area contributed by atoms with E-state index in [9.17, 15) is 4.79 Å². The van der Waals surface area contributed by atoms with E-state index in [1.54, 1.807) is 0 Å². The molecule has 0 saturated carbocycles. The number of hydrogen-bond acceptors (Lipinski definition) is 4. The quantitative estimate of drug-likeness (QED) is 0.779. The molecule has 1 N–H and O–H groups in total. The first-order valence-corrected chi connectivity index (χ1v) is 7.36. The fourth-order valence-electron chi connectivity index (χ4n) is 2.75. The highest BCUT2D eigenvalue weighted by Crippen LogP contribution is 2.33. The highest BCUT2D eigenvalue weighted by Gasteiger charge is 2.15. The number of aromatic carboxylic acids is 1. The summed E-state index contributed by atoms with van der Waals surface area (Å²) in [5.41, 5.74) is 2.63. The van der Waals surface area contributed by atoms with Crippen molar-refractivity contribution in [3.8, 4) is 5.75 Å². The van der Waals surface area contributed by atoms with Crippen LogP contribution >= 0.6 is 0 Å². The summed E-state index contributed by atoms with van der Waals surface area (Å²) in [6, 6.07) is 7.19. The molecule has 0 spiro atoms. The Balaban J connectivity index is 1.55. The third kappa shape index (κ3) is 2.50. The van der Waals surface area contributed by atoms with Crippen LogP contribution in [0.2, 0.25) is 0 Å². The molecule has 0 atom stereocenters. The van der Waals surface area contributed by atoms with Gasteiger partial charge in [-0.3, -0.25) is 0 Å². The van der Waals surface area contributed by atoms with Gasteiger partial charge in [-0.05, 0) is 24.6 Å². The maximum atomic E-state index is 10.8. The summed E-state index contributed by atoms with van der Waals surface area (Å²) in [7, 11) is 0. The maximum Gasteiger partial charge on any atom is 0.371 e. The lowest BCUT2D eigenvalue weighted by Crippen LogP contribution is -1.95. The third-order valence-electron chi connectivity index (χ3n) is 3.87. The molecule has 3 aromatic rings. The second kappa shape index (κ2) is 5.35. The molecule has 5 nitrogen and oxygen atoms in total. The van der Waals surface area contributed by atoms with Gasteiger partial charge < -0.3 is 18.7 Å². The van der Waals surface area contributed by atoms with Crippen molar-refractivity contribution in [3.05, 3.63) is 59.3 Å². The lowest BCUT2D eigenvalue weighted by atomic mass is 10.0. The van der Waals surface area contributed by atoms with Gasteiger partial charge in [-0.15, -0.1) is 0 Å². The molecule has 0 unspecified atom stereocenters. The molecular formula is C18H14O5. The zero-order valence-corrected chi connectivity index (χ0v) is 12.2. The summed E-state index contributed by atoms with van der Waals surface area (Å²) in [4.78, 5) is 10.8. The molecule has 2 heterocycles. The smallest absolute Gasteiger partial charge is 0.371 e. The Morgan fingerprint density at radius 3 is 3.04 bits per heavy atom. The van der Waals surface area contributed by atoms with Crippen molar-refractivity contribution in [1.29, 1.82) is 0 Å². The predicted molar refractivity (Wildman–Crippen MR) is 83.6 cm³/mol. The first kappa shape index (κ1) is 13.7. The fourth-order valence-corrected chi connectivity index (χ4v) is 2.75. The number of carboxylic acids is 1. The zero-order valence-electron chi connectivity index (χ0n) is 12.2. The molecule has 116 valence electrons. The Bertz CT molecular complexity index is 913. The lowest BCUT2D eigenvalue weighted by Gasteiger charge is -2.04. The van der Waals surface area contributed by atoms with Crippen molar-refractivity contribution in [3.63, 3.8) is 0 Å². The SMILES string of the molecule is O=C(O)c1cc(COc2ccc3c4c(oc3c2)CCC=C4)co1. The predicted octanol–water partition coefficient (Wildman–Crippen LogP) is 4.26. The average molecular weight is 310 g/mol. The number of carbonyl (C=O) groups is 1. The number of allylic oxidation sites excluding steroid dienone is 1. The number of ether oxygens (including phenoxy) is 1. The van der Waals surface area contributed by atoms with E-state index >= 15 is 0 Å². The van der Waals surface area contributed by atoms with Gasteiger partial charge in [0, 0.05) is 29.0 Å². The van der Waals surface area contributed by atoms with E-state index in [1.807, 2.05) is 18.2 Å². The molecule has 0 aliphatic heterocycles. The van der Waals surface area contributed by atoms with Crippen molar-refractivity contribution >= 4 is 23.0 Å². The minimum absolute atomic E-state index is 0.0930. The number of furan rings is 2. The van der Waals surface area contributed by atoms with Crippen molar-refractivity contribution < 1.29 is 23.5 Å². The molecule has 0 bridgehead atoms. The Labute approximate surface area is 131 Å². The van der Waals surface area contributed by atoms with E-state index in [0.29, 0.717) is 11.3 Å².